The zero-order chi connectivity index (χ0) is 14.1. The molecular formula is C15H27N3O. The van der Waals surface area contributed by atoms with Crippen LogP contribution in [0.1, 0.15) is 39.5 Å². The second kappa shape index (κ2) is 8.86. The third kappa shape index (κ3) is 5.55. The number of rotatable bonds is 7. The van der Waals surface area contributed by atoms with Gasteiger partial charge in [0.25, 0.3) is 5.91 Å². The summed E-state index contributed by atoms with van der Waals surface area (Å²) in [6, 6.07) is 0. The lowest BCUT2D eigenvalue weighted by molar-refractivity contribution is -0.123. The number of unbranched alkanes of at least 4 members (excludes halogenated alkanes) is 1. The van der Waals surface area contributed by atoms with Crippen molar-refractivity contribution in [2.24, 2.45) is 4.99 Å². The third-order valence-corrected chi connectivity index (χ3v) is 3.35. The number of hydrogen-bond acceptors (Lipinski definition) is 3. The largest absolute Gasteiger partial charge is 0.337 e. The molecule has 4 heteroatoms. The lowest BCUT2D eigenvalue weighted by Gasteiger charge is -2.15. The average Bonchev–Trinajstić information content (AvgIpc) is 2.94. The molecule has 1 N–H and O–H groups in total. The van der Waals surface area contributed by atoms with Crippen LogP contribution >= 0.6 is 0 Å². The maximum Gasteiger partial charge on any atom is 0.271 e. The number of carbonyl (C=O) groups excluding carboxylic acids is 1. The van der Waals surface area contributed by atoms with Crippen LogP contribution < -0.4 is 5.32 Å². The van der Waals surface area contributed by atoms with Gasteiger partial charge in [-0.2, -0.15) is 0 Å². The normalized spacial score (nSPS) is 17.1. The summed E-state index contributed by atoms with van der Waals surface area (Å²) >= 11 is 0. The van der Waals surface area contributed by atoms with Gasteiger partial charge in [-0.1, -0.05) is 18.9 Å². The Kier molecular flexibility index (Phi) is 7.41. The molecule has 4 nitrogen and oxygen atoms in total. The Morgan fingerprint density at radius 1 is 1.37 bits per heavy atom. The van der Waals surface area contributed by atoms with Crippen molar-refractivity contribution in [1.29, 1.82) is 0 Å². The number of nitrogens with one attached hydrogen (secondary N) is 1. The molecule has 108 valence electrons. The molecule has 0 aromatic carbocycles. The zero-order valence-electron chi connectivity index (χ0n) is 12.5. The van der Waals surface area contributed by atoms with E-state index in [-0.39, 0.29) is 5.91 Å². The van der Waals surface area contributed by atoms with Gasteiger partial charge in [0.2, 0.25) is 0 Å². The highest BCUT2D eigenvalue weighted by molar-refractivity contribution is 6.43. The molecule has 0 aromatic rings. The number of nitrogens with zero attached hydrogens (tertiary/aromatic N) is 2. The zero-order valence-corrected chi connectivity index (χ0v) is 12.5. The Hall–Kier alpha value is -1.16. The van der Waals surface area contributed by atoms with Crippen LogP contribution in [0.4, 0.5) is 0 Å². The minimum Gasteiger partial charge on any atom is -0.337 e. The predicted octanol–water partition coefficient (Wildman–Crippen LogP) is 2.02. The van der Waals surface area contributed by atoms with Crippen molar-refractivity contribution in [1.82, 2.24) is 10.2 Å². The van der Waals surface area contributed by atoms with Crippen molar-refractivity contribution >= 4 is 11.6 Å². The first kappa shape index (κ1) is 15.9. The van der Waals surface area contributed by atoms with Crippen LogP contribution in [-0.4, -0.2) is 49.7 Å². The lowest BCUT2D eigenvalue weighted by atomic mass is 10.2. The van der Waals surface area contributed by atoms with Crippen molar-refractivity contribution in [3.05, 3.63) is 11.6 Å². The van der Waals surface area contributed by atoms with E-state index in [1.165, 1.54) is 12.8 Å². The second-order valence-corrected chi connectivity index (χ2v) is 5.13. The van der Waals surface area contributed by atoms with E-state index < -0.39 is 0 Å². The van der Waals surface area contributed by atoms with Crippen LogP contribution in [0.25, 0.3) is 0 Å². The van der Waals surface area contributed by atoms with Crippen molar-refractivity contribution in [3.8, 4) is 0 Å². The van der Waals surface area contributed by atoms with Crippen molar-refractivity contribution < 1.29 is 4.79 Å². The van der Waals surface area contributed by atoms with Crippen molar-refractivity contribution in [2.75, 3.05) is 33.2 Å². The predicted molar refractivity (Wildman–Crippen MR) is 80.7 cm³/mol. The smallest absolute Gasteiger partial charge is 0.271 e. The van der Waals surface area contributed by atoms with E-state index in [0.29, 0.717) is 5.71 Å². The number of amides is 1. The van der Waals surface area contributed by atoms with E-state index in [0.717, 1.165) is 44.6 Å². The molecule has 0 spiro atoms. The first-order valence-electron chi connectivity index (χ1n) is 7.33. The lowest BCUT2D eigenvalue weighted by Crippen LogP contribution is -2.33. The van der Waals surface area contributed by atoms with E-state index in [9.17, 15) is 4.79 Å². The average molecular weight is 265 g/mol. The number of aliphatic imine (C=N–C) groups is 1. The molecule has 1 aliphatic rings. The number of hydrogen-bond donors (Lipinski definition) is 1. The summed E-state index contributed by atoms with van der Waals surface area (Å²) in [6.07, 6.45) is 6.53. The molecule has 0 aromatic heterocycles. The Balaban J connectivity index is 2.47. The molecule has 0 bridgehead atoms. The summed E-state index contributed by atoms with van der Waals surface area (Å²) in [5.41, 5.74) is 1.74. The van der Waals surface area contributed by atoms with Crippen LogP contribution in [-0.2, 0) is 4.79 Å². The van der Waals surface area contributed by atoms with Gasteiger partial charge in [-0.3, -0.25) is 9.79 Å². The van der Waals surface area contributed by atoms with Gasteiger partial charge < -0.3 is 10.2 Å². The SMILES string of the molecule is CCCCNC/C(C)=C/C(=NC)C(=O)N1CCCC1. The molecular weight excluding hydrogens is 238 g/mol. The molecule has 0 aliphatic carbocycles. The van der Waals surface area contributed by atoms with Crippen LogP contribution in [0.3, 0.4) is 0 Å². The van der Waals surface area contributed by atoms with Gasteiger partial charge in [-0.15, -0.1) is 0 Å². The van der Waals surface area contributed by atoms with Gasteiger partial charge in [-0.05, 0) is 38.8 Å². The minimum atomic E-state index is 0.0768. The topological polar surface area (TPSA) is 44.7 Å². The van der Waals surface area contributed by atoms with Crippen molar-refractivity contribution in [3.63, 3.8) is 0 Å². The summed E-state index contributed by atoms with van der Waals surface area (Å²) in [5.74, 6) is 0.0768. The van der Waals surface area contributed by atoms with Gasteiger partial charge >= 0.3 is 0 Å². The monoisotopic (exact) mass is 265 g/mol. The van der Waals surface area contributed by atoms with Crippen molar-refractivity contribution in [2.45, 2.75) is 39.5 Å². The third-order valence-electron chi connectivity index (χ3n) is 3.35. The van der Waals surface area contributed by atoms with Gasteiger partial charge in [0, 0.05) is 26.7 Å². The molecule has 0 radical (unpaired) electrons. The summed E-state index contributed by atoms with van der Waals surface area (Å²) in [7, 11) is 1.69. The first-order valence-corrected chi connectivity index (χ1v) is 7.33. The molecule has 1 rings (SSSR count). The van der Waals surface area contributed by atoms with E-state index in [1.54, 1.807) is 7.05 Å². The van der Waals surface area contributed by atoms with Gasteiger partial charge in [0.05, 0.1) is 0 Å². The number of carbonyl (C=O) groups is 1. The van der Waals surface area contributed by atoms with Gasteiger partial charge in [0.1, 0.15) is 5.71 Å². The van der Waals surface area contributed by atoms with E-state index in [1.807, 2.05) is 17.9 Å². The highest BCUT2D eigenvalue weighted by Crippen LogP contribution is 2.09. The molecule has 0 saturated carbocycles. The van der Waals surface area contributed by atoms with E-state index in [2.05, 4.69) is 17.2 Å². The molecule has 0 atom stereocenters. The van der Waals surface area contributed by atoms with Crippen LogP contribution in [0.5, 0.6) is 0 Å². The molecule has 0 unspecified atom stereocenters. The van der Waals surface area contributed by atoms with Gasteiger partial charge in [-0.25, -0.2) is 0 Å². The number of likely N-dealkylation sites (tertiary alicyclic amines) is 1. The van der Waals surface area contributed by atoms with Gasteiger partial charge in [0.15, 0.2) is 0 Å². The van der Waals surface area contributed by atoms with Crippen LogP contribution in [0.15, 0.2) is 16.6 Å². The Labute approximate surface area is 117 Å². The summed E-state index contributed by atoms with van der Waals surface area (Å²) in [6.45, 7) is 7.83. The second-order valence-electron chi connectivity index (χ2n) is 5.13. The molecule has 1 fully saturated rings. The summed E-state index contributed by atoms with van der Waals surface area (Å²) in [5, 5.41) is 3.38. The molecule has 1 amide bonds. The Morgan fingerprint density at radius 2 is 2.05 bits per heavy atom. The minimum absolute atomic E-state index is 0.0768. The molecule has 1 saturated heterocycles. The Bertz CT molecular complexity index is 341. The molecule has 1 aliphatic heterocycles. The summed E-state index contributed by atoms with van der Waals surface area (Å²) < 4.78 is 0. The fraction of sp³-hybridized carbons (Fsp3) is 0.733. The fourth-order valence-electron chi connectivity index (χ4n) is 2.18. The van der Waals surface area contributed by atoms with Crippen LogP contribution in [0.2, 0.25) is 0 Å². The fourth-order valence-corrected chi connectivity index (χ4v) is 2.18. The quantitative estimate of drug-likeness (QED) is 0.565. The highest BCUT2D eigenvalue weighted by Gasteiger charge is 2.20. The van der Waals surface area contributed by atoms with E-state index >= 15 is 0 Å². The van der Waals surface area contributed by atoms with Crippen LogP contribution in [0, 0.1) is 0 Å². The Morgan fingerprint density at radius 3 is 2.63 bits per heavy atom. The highest BCUT2D eigenvalue weighted by atomic mass is 16.2. The summed E-state index contributed by atoms with van der Waals surface area (Å²) in [4.78, 5) is 18.3. The maximum atomic E-state index is 12.2. The molecule has 19 heavy (non-hydrogen) atoms. The maximum absolute atomic E-state index is 12.2. The van der Waals surface area contributed by atoms with E-state index in [4.69, 9.17) is 0 Å². The standard InChI is InChI=1S/C15H27N3O/c1-4-5-8-17-12-13(2)11-14(16-3)15(19)18-9-6-7-10-18/h11,17H,4-10,12H2,1-3H3/b13-11+,16-14?. The molecule has 1 heterocycles. The first-order chi connectivity index (χ1) is 9.19.